The number of hydrogen-bond acceptors (Lipinski definition) is 3. The van der Waals surface area contributed by atoms with Crippen molar-refractivity contribution >= 4 is 40.9 Å². The second kappa shape index (κ2) is 14.5. The third-order valence-electron chi connectivity index (χ3n) is 5.60. The molecule has 0 unspecified atom stereocenters. The Hall–Kier alpha value is -3.22. The fourth-order valence-electron chi connectivity index (χ4n) is 3.82. The van der Waals surface area contributed by atoms with Crippen LogP contribution in [0.2, 0.25) is 10.0 Å². The molecule has 0 aliphatic rings. The highest BCUT2D eigenvalue weighted by Gasteiger charge is 2.25. The van der Waals surface area contributed by atoms with Crippen LogP contribution >= 0.6 is 23.2 Å². The zero-order valence-corrected chi connectivity index (χ0v) is 22.1. The van der Waals surface area contributed by atoms with Gasteiger partial charge in [0.2, 0.25) is 0 Å². The van der Waals surface area contributed by atoms with Crippen molar-refractivity contribution in [2.45, 2.75) is 39.5 Å². The minimum Gasteiger partial charge on any atom is -0.481 e. The van der Waals surface area contributed by atoms with Crippen LogP contribution in [0.15, 0.2) is 66.7 Å². The van der Waals surface area contributed by atoms with Crippen LogP contribution in [-0.2, 0) is 20.8 Å². The maximum absolute atomic E-state index is 14.4. The largest absolute Gasteiger partial charge is 0.481 e. The SMILES string of the molecule is C[C@H](CC(=O)C[C@@H](CC(=O)O)C(=O)O)Cc1ccc(-c2ccccc2)c(F)c1.Cc1ccc(Cl)c(Cl)c1. The van der Waals surface area contributed by atoms with Crippen LogP contribution in [0.4, 0.5) is 4.39 Å². The Morgan fingerprint density at radius 1 is 0.865 bits per heavy atom. The number of ketones is 1. The van der Waals surface area contributed by atoms with Crippen molar-refractivity contribution in [3.63, 3.8) is 0 Å². The van der Waals surface area contributed by atoms with Gasteiger partial charge < -0.3 is 10.2 Å². The van der Waals surface area contributed by atoms with Gasteiger partial charge in [-0.1, -0.05) is 78.7 Å². The monoisotopic (exact) mass is 546 g/mol. The van der Waals surface area contributed by atoms with E-state index in [0.29, 0.717) is 22.0 Å². The lowest BCUT2D eigenvalue weighted by atomic mass is 9.90. The molecule has 0 amide bonds. The number of aliphatic carboxylic acids is 2. The average molecular weight is 547 g/mol. The summed E-state index contributed by atoms with van der Waals surface area (Å²) in [6.07, 6.45) is -0.311. The second-order valence-electron chi connectivity index (χ2n) is 8.99. The molecule has 8 heteroatoms. The van der Waals surface area contributed by atoms with Gasteiger partial charge in [-0.25, -0.2) is 4.39 Å². The zero-order chi connectivity index (χ0) is 27.5. The molecule has 2 N–H and O–H groups in total. The number of Topliss-reactive ketones (excluding diaryl/α,β-unsaturated/α-hetero) is 1. The van der Waals surface area contributed by atoms with E-state index in [0.717, 1.165) is 16.7 Å². The highest BCUT2D eigenvalue weighted by molar-refractivity contribution is 6.42. The van der Waals surface area contributed by atoms with Gasteiger partial charge in [-0.2, -0.15) is 0 Å². The Morgan fingerprint density at radius 3 is 2.08 bits per heavy atom. The van der Waals surface area contributed by atoms with Gasteiger partial charge in [-0.15, -0.1) is 0 Å². The number of halogens is 3. The summed E-state index contributed by atoms with van der Waals surface area (Å²) in [5.41, 5.74) is 3.17. The van der Waals surface area contributed by atoms with Crippen molar-refractivity contribution in [3.05, 3.63) is 93.7 Å². The average Bonchev–Trinajstić information content (AvgIpc) is 2.82. The van der Waals surface area contributed by atoms with Crippen LogP contribution in [0.3, 0.4) is 0 Å². The normalized spacial score (nSPS) is 12.1. The molecule has 196 valence electrons. The maximum Gasteiger partial charge on any atom is 0.307 e. The summed E-state index contributed by atoms with van der Waals surface area (Å²) in [7, 11) is 0. The van der Waals surface area contributed by atoms with Gasteiger partial charge in [0.1, 0.15) is 11.6 Å². The van der Waals surface area contributed by atoms with E-state index in [1.807, 2.05) is 62.4 Å². The summed E-state index contributed by atoms with van der Waals surface area (Å²) in [5, 5.41) is 19.0. The molecule has 0 saturated heterocycles. The molecule has 5 nitrogen and oxygen atoms in total. The highest BCUT2D eigenvalue weighted by atomic mass is 35.5. The molecule has 0 fully saturated rings. The quantitative estimate of drug-likeness (QED) is 0.274. The van der Waals surface area contributed by atoms with Crippen LogP contribution in [0.1, 0.15) is 37.3 Å². The van der Waals surface area contributed by atoms with E-state index in [1.165, 1.54) is 6.07 Å². The number of aryl methyl sites for hydroxylation is 1. The molecule has 0 aliphatic heterocycles. The van der Waals surface area contributed by atoms with Crippen molar-refractivity contribution in [2.75, 3.05) is 0 Å². The molecule has 3 aromatic rings. The summed E-state index contributed by atoms with van der Waals surface area (Å²) in [6, 6.07) is 19.7. The van der Waals surface area contributed by atoms with Crippen LogP contribution in [-0.4, -0.2) is 27.9 Å². The lowest BCUT2D eigenvalue weighted by Gasteiger charge is -2.14. The molecular formula is C29H29Cl2FO5. The van der Waals surface area contributed by atoms with E-state index >= 15 is 0 Å². The summed E-state index contributed by atoms with van der Waals surface area (Å²) < 4.78 is 14.4. The minimum absolute atomic E-state index is 0.117. The fourth-order valence-corrected chi connectivity index (χ4v) is 4.17. The molecule has 2 atom stereocenters. The topological polar surface area (TPSA) is 91.7 Å². The molecule has 0 aliphatic carbocycles. The number of hydrogen-bond donors (Lipinski definition) is 2. The van der Waals surface area contributed by atoms with Crippen molar-refractivity contribution in [3.8, 4) is 11.1 Å². The summed E-state index contributed by atoms with van der Waals surface area (Å²) in [4.78, 5) is 33.9. The van der Waals surface area contributed by atoms with Crippen molar-refractivity contribution in [2.24, 2.45) is 11.8 Å². The lowest BCUT2D eigenvalue weighted by molar-refractivity contribution is -0.149. The van der Waals surface area contributed by atoms with Gasteiger partial charge in [0, 0.05) is 18.4 Å². The summed E-state index contributed by atoms with van der Waals surface area (Å²) in [5.74, 6) is -4.52. The Balaban J connectivity index is 0.000000449. The third-order valence-corrected chi connectivity index (χ3v) is 6.34. The van der Waals surface area contributed by atoms with E-state index in [-0.39, 0.29) is 30.4 Å². The van der Waals surface area contributed by atoms with E-state index in [9.17, 15) is 18.8 Å². The summed E-state index contributed by atoms with van der Waals surface area (Å²) >= 11 is 11.3. The summed E-state index contributed by atoms with van der Waals surface area (Å²) in [6.45, 7) is 3.80. The predicted octanol–water partition coefficient (Wildman–Crippen LogP) is 7.50. The number of rotatable bonds is 10. The van der Waals surface area contributed by atoms with Gasteiger partial charge >= 0.3 is 11.9 Å². The van der Waals surface area contributed by atoms with E-state index in [4.69, 9.17) is 33.4 Å². The first kappa shape index (κ1) is 30.0. The zero-order valence-electron chi connectivity index (χ0n) is 20.6. The van der Waals surface area contributed by atoms with Crippen molar-refractivity contribution in [1.29, 1.82) is 0 Å². The third kappa shape index (κ3) is 10.3. The standard InChI is InChI=1S/C22H23FO5.C7H6Cl2/c1-14(10-18(24)12-17(22(27)28)13-21(25)26)9-15-7-8-19(20(23)11-15)16-5-3-2-4-6-16;1-5-2-3-6(8)7(9)4-5/h2-8,11,14,17H,9-10,12-13H2,1H3,(H,25,26)(H,27,28);2-4H,1H3/t14-,17-;/m0./s1. The molecule has 0 bridgehead atoms. The molecule has 0 aromatic heterocycles. The first-order valence-corrected chi connectivity index (χ1v) is 12.4. The molecule has 0 heterocycles. The second-order valence-corrected chi connectivity index (χ2v) is 9.80. The van der Waals surface area contributed by atoms with Crippen molar-refractivity contribution < 1.29 is 29.0 Å². The molecule has 0 spiro atoms. The first-order valence-electron chi connectivity index (χ1n) is 11.7. The van der Waals surface area contributed by atoms with Crippen LogP contribution in [0.25, 0.3) is 11.1 Å². The molecule has 0 radical (unpaired) electrons. The van der Waals surface area contributed by atoms with Gasteiger partial charge in [-0.3, -0.25) is 14.4 Å². The highest BCUT2D eigenvalue weighted by Crippen LogP contribution is 2.25. The van der Waals surface area contributed by atoms with Gasteiger partial charge in [-0.05, 0) is 54.2 Å². The molecule has 37 heavy (non-hydrogen) atoms. The lowest BCUT2D eigenvalue weighted by Crippen LogP contribution is -2.22. The number of benzene rings is 3. The Kier molecular flexibility index (Phi) is 11.8. The Morgan fingerprint density at radius 2 is 1.54 bits per heavy atom. The van der Waals surface area contributed by atoms with E-state index in [2.05, 4.69) is 0 Å². The van der Waals surface area contributed by atoms with Gasteiger partial charge in [0.05, 0.1) is 22.4 Å². The van der Waals surface area contributed by atoms with Gasteiger partial charge in [0.15, 0.2) is 0 Å². The molecule has 3 aromatic carbocycles. The van der Waals surface area contributed by atoms with Crippen LogP contribution in [0, 0.1) is 24.6 Å². The van der Waals surface area contributed by atoms with E-state index in [1.54, 1.807) is 12.1 Å². The van der Waals surface area contributed by atoms with Crippen LogP contribution in [0.5, 0.6) is 0 Å². The van der Waals surface area contributed by atoms with Crippen LogP contribution < -0.4 is 0 Å². The maximum atomic E-state index is 14.4. The predicted molar refractivity (Wildman–Crippen MR) is 144 cm³/mol. The fraction of sp³-hybridized carbons (Fsp3) is 0.276. The Bertz CT molecular complexity index is 1230. The van der Waals surface area contributed by atoms with Gasteiger partial charge in [0.25, 0.3) is 0 Å². The first-order chi connectivity index (χ1) is 17.5. The minimum atomic E-state index is -1.29. The number of carboxylic acid groups (broad SMARTS) is 2. The molecule has 0 saturated carbocycles. The van der Waals surface area contributed by atoms with Crippen molar-refractivity contribution in [1.82, 2.24) is 0 Å². The number of carbonyl (C=O) groups is 3. The molecule has 3 rings (SSSR count). The number of carboxylic acids is 2. The van der Waals surface area contributed by atoms with E-state index < -0.39 is 24.3 Å². The smallest absolute Gasteiger partial charge is 0.307 e. The number of carbonyl (C=O) groups excluding carboxylic acids is 1. The Labute approximate surface area is 225 Å². The molecular weight excluding hydrogens is 518 g/mol.